The average molecular weight is 356 g/mol. The predicted octanol–water partition coefficient (Wildman–Crippen LogP) is 6.89. The van der Waals surface area contributed by atoms with E-state index in [-0.39, 0.29) is 11.6 Å². The summed E-state index contributed by atoms with van der Waals surface area (Å²) in [7, 11) is 0. The first kappa shape index (κ1) is 17.2. The summed E-state index contributed by atoms with van der Waals surface area (Å²) in [4.78, 5) is 0. The Bertz CT molecular complexity index is 967. The van der Waals surface area contributed by atoms with E-state index in [1.807, 2.05) is 60.7 Å². The summed E-state index contributed by atoms with van der Waals surface area (Å²) in [6.45, 7) is 0. The van der Waals surface area contributed by atoms with Gasteiger partial charge in [0, 0.05) is 0 Å². The second kappa shape index (κ2) is 7.55. The smallest absolute Gasteiger partial charge is 0.123 e. The molecule has 0 unspecified atom stereocenters. The van der Waals surface area contributed by atoms with Crippen molar-refractivity contribution in [1.29, 1.82) is 0 Å². The van der Waals surface area contributed by atoms with Crippen LogP contribution in [0.3, 0.4) is 0 Å². The van der Waals surface area contributed by atoms with Gasteiger partial charge in [-0.05, 0) is 64.1 Å². The zero-order chi connectivity index (χ0) is 18.6. The van der Waals surface area contributed by atoms with Gasteiger partial charge in [-0.2, -0.15) is 0 Å². The van der Waals surface area contributed by atoms with Crippen molar-refractivity contribution in [3.05, 3.63) is 120 Å². The zero-order valence-corrected chi connectivity index (χ0v) is 14.7. The third-order valence-corrected chi connectivity index (χ3v) is 4.69. The third-order valence-electron chi connectivity index (χ3n) is 4.69. The molecule has 2 heteroatoms. The Hall–Kier alpha value is -3.26. The van der Waals surface area contributed by atoms with E-state index < -0.39 is 0 Å². The molecule has 0 aliphatic carbocycles. The lowest BCUT2D eigenvalue weighted by Crippen LogP contribution is -1.97. The van der Waals surface area contributed by atoms with Gasteiger partial charge in [-0.1, -0.05) is 72.8 Å². The van der Waals surface area contributed by atoms with Crippen molar-refractivity contribution in [1.82, 2.24) is 0 Å². The molecular weight excluding hydrogens is 338 g/mol. The Morgan fingerprint density at radius 2 is 0.889 bits per heavy atom. The topological polar surface area (TPSA) is 0 Å². The number of hydrogen-bond donors (Lipinski definition) is 0. The number of benzene rings is 4. The van der Waals surface area contributed by atoms with Gasteiger partial charge in [0.25, 0.3) is 0 Å². The summed E-state index contributed by atoms with van der Waals surface area (Å²) in [5, 5.41) is 0. The van der Waals surface area contributed by atoms with Gasteiger partial charge in [-0.25, -0.2) is 8.78 Å². The molecule has 0 radical (unpaired) electrons. The lowest BCUT2D eigenvalue weighted by molar-refractivity contribution is 0.624. The van der Waals surface area contributed by atoms with Crippen molar-refractivity contribution in [2.24, 2.45) is 0 Å². The molecule has 132 valence electrons. The van der Waals surface area contributed by atoms with Crippen LogP contribution in [0.2, 0.25) is 0 Å². The predicted molar refractivity (Wildman–Crippen MR) is 106 cm³/mol. The van der Waals surface area contributed by atoms with Crippen molar-refractivity contribution in [3.63, 3.8) is 0 Å². The number of halogens is 2. The average Bonchev–Trinajstić information content (AvgIpc) is 2.70. The molecule has 0 spiro atoms. The Morgan fingerprint density at radius 1 is 0.481 bits per heavy atom. The van der Waals surface area contributed by atoms with Crippen molar-refractivity contribution < 1.29 is 8.78 Å². The van der Waals surface area contributed by atoms with E-state index in [1.165, 1.54) is 12.1 Å². The molecule has 0 saturated carbocycles. The van der Waals surface area contributed by atoms with E-state index in [9.17, 15) is 8.78 Å². The largest absolute Gasteiger partial charge is 0.207 e. The molecule has 27 heavy (non-hydrogen) atoms. The normalized spacial score (nSPS) is 10.7. The highest BCUT2D eigenvalue weighted by atomic mass is 19.1. The molecular formula is C25H18F2. The van der Waals surface area contributed by atoms with Crippen LogP contribution in [0.4, 0.5) is 8.78 Å². The first-order valence-corrected chi connectivity index (χ1v) is 8.88. The van der Waals surface area contributed by atoms with Gasteiger partial charge < -0.3 is 0 Å². The summed E-state index contributed by atoms with van der Waals surface area (Å²) in [6.07, 6.45) is 0.448. The van der Waals surface area contributed by atoms with Crippen LogP contribution in [0.5, 0.6) is 0 Å². The Kier molecular flexibility index (Phi) is 4.80. The summed E-state index contributed by atoms with van der Waals surface area (Å²) in [5.41, 5.74) is 5.63. The van der Waals surface area contributed by atoms with Crippen molar-refractivity contribution >= 4 is 0 Å². The van der Waals surface area contributed by atoms with Gasteiger partial charge >= 0.3 is 0 Å². The Balaban J connectivity index is 1.82. The van der Waals surface area contributed by atoms with Crippen molar-refractivity contribution in [3.8, 4) is 22.3 Å². The summed E-state index contributed by atoms with van der Waals surface area (Å²) < 4.78 is 28.0. The van der Waals surface area contributed by atoms with Crippen LogP contribution in [-0.4, -0.2) is 0 Å². The highest BCUT2D eigenvalue weighted by Gasteiger charge is 2.12. The van der Waals surface area contributed by atoms with E-state index in [0.717, 1.165) is 33.4 Å². The molecule has 4 aromatic carbocycles. The van der Waals surface area contributed by atoms with Crippen LogP contribution >= 0.6 is 0 Å². The molecule has 0 amide bonds. The molecule has 0 aliphatic heterocycles. The van der Waals surface area contributed by atoms with E-state index in [1.54, 1.807) is 24.3 Å². The lowest BCUT2D eigenvalue weighted by Gasteiger charge is -2.14. The van der Waals surface area contributed by atoms with Gasteiger partial charge in [0.15, 0.2) is 0 Å². The molecule has 0 nitrogen and oxygen atoms in total. The highest BCUT2D eigenvalue weighted by Crippen LogP contribution is 2.31. The number of hydrogen-bond acceptors (Lipinski definition) is 0. The van der Waals surface area contributed by atoms with Gasteiger partial charge in [-0.3, -0.25) is 0 Å². The number of rotatable bonds is 4. The molecule has 0 atom stereocenters. The van der Waals surface area contributed by atoms with Crippen LogP contribution < -0.4 is 0 Å². The van der Waals surface area contributed by atoms with Crippen LogP contribution in [0.15, 0.2) is 97.1 Å². The van der Waals surface area contributed by atoms with Crippen LogP contribution in [-0.2, 0) is 6.42 Å². The first-order chi connectivity index (χ1) is 13.2. The van der Waals surface area contributed by atoms with Crippen LogP contribution in [0, 0.1) is 11.6 Å². The van der Waals surface area contributed by atoms with E-state index in [2.05, 4.69) is 0 Å². The summed E-state index contributed by atoms with van der Waals surface area (Å²) in [6, 6.07) is 29.3. The molecule has 4 rings (SSSR count). The van der Waals surface area contributed by atoms with Gasteiger partial charge in [-0.15, -0.1) is 0 Å². The highest BCUT2D eigenvalue weighted by molar-refractivity contribution is 5.71. The maximum Gasteiger partial charge on any atom is 0.123 e. The van der Waals surface area contributed by atoms with Crippen LogP contribution in [0.25, 0.3) is 22.3 Å². The Labute approximate surface area is 157 Å². The molecule has 0 fully saturated rings. The Morgan fingerprint density at radius 3 is 1.30 bits per heavy atom. The quantitative estimate of drug-likeness (QED) is 0.373. The molecule has 0 bridgehead atoms. The third kappa shape index (κ3) is 3.80. The van der Waals surface area contributed by atoms with E-state index in [0.29, 0.717) is 6.42 Å². The van der Waals surface area contributed by atoms with Crippen molar-refractivity contribution in [2.45, 2.75) is 6.42 Å². The van der Waals surface area contributed by atoms with Crippen molar-refractivity contribution in [2.75, 3.05) is 0 Å². The fourth-order valence-corrected chi connectivity index (χ4v) is 3.42. The second-order valence-electron chi connectivity index (χ2n) is 6.51. The molecule has 0 aromatic heterocycles. The van der Waals surface area contributed by atoms with Gasteiger partial charge in [0.05, 0.1) is 0 Å². The van der Waals surface area contributed by atoms with Gasteiger partial charge in [0.1, 0.15) is 11.6 Å². The maximum absolute atomic E-state index is 14.0. The summed E-state index contributed by atoms with van der Waals surface area (Å²) in [5.74, 6) is -0.579. The zero-order valence-electron chi connectivity index (χ0n) is 14.7. The van der Waals surface area contributed by atoms with Crippen LogP contribution in [0.1, 0.15) is 11.1 Å². The summed E-state index contributed by atoms with van der Waals surface area (Å²) >= 11 is 0. The fourth-order valence-electron chi connectivity index (χ4n) is 3.42. The SMILES string of the molecule is Fc1ccc(-c2ccccc2)c(Cc2cc(F)ccc2-c2ccccc2)c1. The minimum Gasteiger partial charge on any atom is -0.207 e. The molecule has 4 aromatic rings. The first-order valence-electron chi connectivity index (χ1n) is 8.88. The second-order valence-corrected chi connectivity index (χ2v) is 6.51. The fraction of sp³-hybridized carbons (Fsp3) is 0.0400. The maximum atomic E-state index is 14.0. The minimum atomic E-state index is -0.289. The molecule has 0 N–H and O–H groups in total. The van der Waals surface area contributed by atoms with Gasteiger partial charge in [0.2, 0.25) is 0 Å². The molecule has 0 heterocycles. The molecule has 0 saturated heterocycles. The van der Waals surface area contributed by atoms with E-state index >= 15 is 0 Å². The minimum absolute atomic E-state index is 0.289. The standard InChI is InChI=1S/C25H18F2/c26-22-11-13-24(18-7-3-1-4-8-18)20(16-22)15-21-17-23(27)12-14-25(21)19-9-5-2-6-10-19/h1-14,16-17H,15H2. The van der Waals surface area contributed by atoms with E-state index in [4.69, 9.17) is 0 Å². The monoisotopic (exact) mass is 356 g/mol. The lowest BCUT2D eigenvalue weighted by atomic mass is 9.91. The molecule has 0 aliphatic rings.